The van der Waals surface area contributed by atoms with E-state index in [1.807, 2.05) is 20.8 Å². The number of hydrogen-bond acceptors (Lipinski definition) is 6. The van der Waals surface area contributed by atoms with Crippen LogP contribution in [0, 0.1) is 13.8 Å². The molecule has 0 unspecified atom stereocenters. The molecule has 0 saturated carbocycles. The third-order valence-electron chi connectivity index (χ3n) is 2.44. The van der Waals surface area contributed by atoms with Crippen LogP contribution in [0.2, 0.25) is 0 Å². The third-order valence-corrected chi connectivity index (χ3v) is 2.44. The minimum absolute atomic E-state index is 0.243. The average molecular weight is 289 g/mol. The second-order valence-corrected chi connectivity index (χ2v) is 5.87. The minimum Gasteiger partial charge on any atom is -0.360 e. The molecule has 112 valence electrons. The molecule has 7 nitrogen and oxygen atoms in total. The molecular formula is C14H19N5O2. The summed E-state index contributed by atoms with van der Waals surface area (Å²) in [7, 11) is 0. The fourth-order valence-corrected chi connectivity index (χ4v) is 1.69. The van der Waals surface area contributed by atoms with Gasteiger partial charge in [-0.05, 0) is 40.7 Å². The number of aromatic nitrogens is 3. The quantitative estimate of drug-likeness (QED) is 0.901. The number of hydrogen-bond donors (Lipinski definition) is 2. The first-order valence-electron chi connectivity index (χ1n) is 6.61. The first-order valence-corrected chi connectivity index (χ1v) is 6.61. The van der Waals surface area contributed by atoms with Crippen molar-refractivity contribution in [2.75, 3.05) is 5.32 Å². The molecule has 0 fully saturated rings. The number of carbonyl (C=O) groups is 1. The highest BCUT2D eigenvalue weighted by Crippen LogP contribution is 2.14. The maximum Gasteiger partial charge on any atom is 0.270 e. The van der Waals surface area contributed by atoms with Crippen LogP contribution in [0.15, 0.2) is 16.7 Å². The van der Waals surface area contributed by atoms with Gasteiger partial charge in [0, 0.05) is 17.3 Å². The maximum absolute atomic E-state index is 12.2. The first kappa shape index (κ1) is 15.0. The molecule has 0 aliphatic heterocycles. The van der Waals surface area contributed by atoms with Gasteiger partial charge in [0.2, 0.25) is 5.95 Å². The summed E-state index contributed by atoms with van der Waals surface area (Å²) in [5.74, 6) is 1.24. The molecule has 0 atom stereocenters. The van der Waals surface area contributed by atoms with Gasteiger partial charge in [-0.2, -0.15) is 0 Å². The van der Waals surface area contributed by atoms with Crippen molar-refractivity contribution in [1.29, 1.82) is 0 Å². The largest absolute Gasteiger partial charge is 0.360 e. The second kappa shape index (κ2) is 5.51. The van der Waals surface area contributed by atoms with Crippen LogP contribution >= 0.6 is 0 Å². The lowest BCUT2D eigenvalue weighted by Crippen LogP contribution is -2.41. The topological polar surface area (TPSA) is 92.9 Å². The number of nitrogens with zero attached hydrogens (tertiary/aromatic N) is 3. The van der Waals surface area contributed by atoms with E-state index in [-0.39, 0.29) is 11.4 Å². The molecule has 0 spiro atoms. The molecule has 0 aliphatic carbocycles. The Labute approximate surface area is 123 Å². The van der Waals surface area contributed by atoms with E-state index in [4.69, 9.17) is 4.52 Å². The van der Waals surface area contributed by atoms with Crippen LogP contribution in [0.3, 0.4) is 0 Å². The highest BCUT2D eigenvalue weighted by molar-refractivity contribution is 5.93. The van der Waals surface area contributed by atoms with Crippen LogP contribution in [-0.2, 0) is 0 Å². The van der Waals surface area contributed by atoms with E-state index in [1.54, 1.807) is 26.0 Å². The number of anilines is 2. The molecule has 2 rings (SSSR count). The zero-order chi connectivity index (χ0) is 15.6. The van der Waals surface area contributed by atoms with Crippen LogP contribution in [0.5, 0.6) is 0 Å². The summed E-state index contributed by atoms with van der Waals surface area (Å²) < 4.78 is 4.96. The summed E-state index contributed by atoms with van der Waals surface area (Å²) in [5, 5.41) is 9.59. The third kappa shape index (κ3) is 4.27. The zero-order valence-corrected chi connectivity index (χ0v) is 12.8. The standard InChI is InChI=1S/C14H19N5O2/c1-8-6-10(12(20)18-14(3,4)5)16-13(15-8)17-11-7-9(2)21-19-11/h6-7H,1-5H3,(H,18,20)(H,15,16,17,19). The lowest BCUT2D eigenvalue weighted by molar-refractivity contribution is 0.0914. The Morgan fingerprint density at radius 1 is 1.19 bits per heavy atom. The lowest BCUT2D eigenvalue weighted by Gasteiger charge is -2.20. The number of nitrogens with one attached hydrogen (secondary N) is 2. The molecule has 0 aliphatic rings. The normalized spacial score (nSPS) is 11.3. The number of amides is 1. The van der Waals surface area contributed by atoms with E-state index in [1.165, 1.54) is 0 Å². The van der Waals surface area contributed by atoms with E-state index < -0.39 is 0 Å². The van der Waals surface area contributed by atoms with Gasteiger partial charge < -0.3 is 15.2 Å². The molecular weight excluding hydrogens is 270 g/mol. The fraction of sp³-hybridized carbons (Fsp3) is 0.429. The molecule has 2 N–H and O–H groups in total. The van der Waals surface area contributed by atoms with Gasteiger partial charge in [0.1, 0.15) is 11.5 Å². The van der Waals surface area contributed by atoms with Gasteiger partial charge in [-0.1, -0.05) is 5.16 Å². The molecule has 0 bridgehead atoms. The van der Waals surface area contributed by atoms with Crippen molar-refractivity contribution in [3.8, 4) is 0 Å². The SMILES string of the molecule is Cc1cc(C(=O)NC(C)(C)C)nc(Nc2cc(C)on2)n1. The van der Waals surface area contributed by atoms with Gasteiger partial charge in [0.15, 0.2) is 5.82 Å². The summed E-state index contributed by atoms with van der Waals surface area (Å²) in [6.07, 6.45) is 0. The van der Waals surface area contributed by atoms with E-state index >= 15 is 0 Å². The van der Waals surface area contributed by atoms with Crippen LogP contribution in [0.4, 0.5) is 11.8 Å². The average Bonchev–Trinajstić information content (AvgIpc) is 2.71. The van der Waals surface area contributed by atoms with Crippen LogP contribution < -0.4 is 10.6 Å². The fourth-order valence-electron chi connectivity index (χ4n) is 1.69. The summed E-state index contributed by atoms with van der Waals surface area (Å²) in [5.41, 5.74) is 0.666. The van der Waals surface area contributed by atoms with Gasteiger partial charge in [-0.3, -0.25) is 4.79 Å². The van der Waals surface area contributed by atoms with Gasteiger partial charge in [0.25, 0.3) is 5.91 Å². The second-order valence-electron chi connectivity index (χ2n) is 5.87. The summed E-state index contributed by atoms with van der Waals surface area (Å²) in [6.45, 7) is 9.33. The smallest absolute Gasteiger partial charge is 0.270 e. The molecule has 21 heavy (non-hydrogen) atoms. The molecule has 7 heteroatoms. The number of aryl methyl sites for hydroxylation is 2. The van der Waals surface area contributed by atoms with Crippen molar-refractivity contribution in [1.82, 2.24) is 20.4 Å². The van der Waals surface area contributed by atoms with E-state index in [9.17, 15) is 4.79 Å². The van der Waals surface area contributed by atoms with Crippen LogP contribution in [0.25, 0.3) is 0 Å². The van der Waals surface area contributed by atoms with Crippen molar-refractivity contribution in [2.24, 2.45) is 0 Å². The van der Waals surface area contributed by atoms with Crippen molar-refractivity contribution < 1.29 is 9.32 Å². The molecule has 2 aromatic heterocycles. The molecule has 2 heterocycles. The Bertz CT molecular complexity index is 658. The van der Waals surface area contributed by atoms with Crippen molar-refractivity contribution in [2.45, 2.75) is 40.2 Å². The van der Waals surface area contributed by atoms with Crippen molar-refractivity contribution >= 4 is 17.7 Å². The Morgan fingerprint density at radius 2 is 1.90 bits per heavy atom. The molecule has 0 saturated heterocycles. The lowest BCUT2D eigenvalue weighted by atomic mass is 10.1. The molecule has 0 aromatic carbocycles. The van der Waals surface area contributed by atoms with Crippen molar-refractivity contribution in [3.63, 3.8) is 0 Å². The van der Waals surface area contributed by atoms with E-state index in [2.05, 4.69) is 25.8 Å². The zero-order valence-electron chi connectivity index (χ0n) is 12.8. The maximum atomic E-state index is 12.2. The minimum atomic E-state index is -0.327. The summed E-state index contributed by atoms with van der Waals surface area (Å²) >= 11 is 0. The summed E-state index contributed by atoms with van der Waals surface area (Å²) in [4.78, 5) is 20.6. The first-order chi connectivity index (χ1) is 9.73. The highest BCUT2D eigenvalue weighted by atomic mass is 16.5. The van der Waals surface area contributed by atoms with Gasteiger partial charge in [-0.15, -0.1) is 0 Å². The molecule has 1 amide bonds. The Kier molecular flexibility index (Phi) is 3.93. The van der Waals surface area contributed by atoms with E-state index in [0.717, 1.165) is 0 Å². The van der Waals surface area contributed by atoms with Crippen LogP contribution in [-0.4, -0.2) is 26.6 Å². The predicted molar refractivity (Wildman–Crippen MR) is 78.5 cm³/mol. The molecule has 0 radical (unpaired) electrons. The Balaban J connectivity index is 2.22. The van der Waals surface area contributed by atoms with E-state index in [0.29, 0.717) is 28.9 Å². The molecule has 2 aromatic rings. The van der Waals surface area contributed by atoms with Gasteiger partial charge in [0.05, 0.1) is 0 Å². The highest BCUT2D eigenvalue weighted by Gasteiger charge is 2.17. The van der Waals surface area contributed by atoms with Gasteiger partial charge >= 0.3 is 0 Å². The Morgan fingerprint density at radius 3 is 2.48 bits per heavy atom. The van der Waals surface area contributed by atoms with Gasteiger partial charge in [-0.25, -0.2) is 9.97 Å². The van der Waals surface area contributed by atoms with Crippen molar-refractivity contribution in [3.05, 3.63) is 29.3 Å². The van der Waals surface area contributed by atoms with Crippen LogP contribution in [0.1, 0.15) is 42.7 Å². The summed E-state index contributed by atoms with van der Waals surface area (Å²) in [6, 6.07) is 3.36. The monoisotopic (exact) mass is 289 g/mol. The Hall–Kier alpha value is -2.44. The predicted octanol–water partition coefficient (Wildman–Crippen LogP) is 2.35. The number of rotatable bonds is 3. The number of carbonyl (C=O) groups excluding carboxylic acids is 1.